The lowest BCUT2D eigenvalue weighted by molar-refractivity contribution is -0.384. The Bertz CT molecular complexity index is 617. The van der Waals surface area contributed by atoms with Crippen LogP contribution in [0.15, 0.2) is 59.6 Å². The summed E-state index contributed by atoms with van der Waals surface area (Å²) >= 11 is 0. The number of nitro benzene ring substituents is 1. The van der Waals surface area contributed by atoms with Crippen LogP contribution in [0, 0.1) is 10.1 Å². The summed E-state index contributed by atoms with van der Waals surface area (Å²) in [6.45, 7) is 0. The molecule has 2 aromatic rings. The van der Waals surface area contributed by atoms with Crippen LogP contribution in [0.4, 0.5) is 5.69 Å². The molecule has 0 fully saturated rings. The third kappa shape index (κ3) is 2.91. The van der Waals surface area contributed by atoms with E-state index in [2.05, 4.69) is 4.99 Å². The van der Waals surface area contributed by atoms with Gasteiger partial charge < -0.3 is 0 Å². The molecule has 5 nitrogen and oxygen atoms in total. The third-order valence-corrected chi connectivity index (χ3v) is 2.72. The van der Waals surface area contributed by atoms with Gasteiger partial charge in [-0.15, -0.1) is 0 Å². The first kappa shape index (κ1) is 12.7. The highest BCUT2D eigenvalue weighted by atomic mass is 16.6. The fourth-order valence-electron chi connectivity index (χ4n) is 1.81. The van der Waals surface area contributed by atoms with Gasteiger partial charge in [-0.05, 0) is 23.3 Å². The number of aliphatic imine (C=N–C) groups is 1. The van der Waals surface area contributed by atoms with Crippen molar-refractivity contribution in [2.45, 2.75) is 6.04 Å². The molecule has 0 spiro atoms. The summed E-state index contributed by atoms with van der Waals surface area (Å²) in [5.41, 5.74) is 1.55. The molecule has 94 valence electrons. The van der Waals surface area contributed by atoms with Crippen molar-refractivity contribution in [2.24, 2.45) is 4.99 Å². The normalized spacial score (nSPS) is 11.4. The van der Waals surface area contributed by atoms with Gasteiger partial charge in [0.2, 0.25) is 6.08 Å². The summed E-state index contributed by atoms with van der Waals surface area (Å²) in [6, 6.07) is 14.7. The summed E-state index contributed by atoms with van der Waals surface area (Å²) in [4.78, 5) is 24.4. The van der Waals surface area contributed by atoms with Crippen molar-refractivity contribution in [1.82, 2.24) is 0 Å². The zero-order chi connectivity index (χ0) is 13.7. The van der Waals surface area contributed by atoms with Crippen LogP contribution in [0.25, 0.3) is 0 Å². The molecule has 0 heterocycles. The summed E-state index contributed by atoms with van der Waals surface area (Å²) in [5.74, 6) is 0. The molecule has 1 unspecified atom stereocenters. The van der Waals surface area contributed by atoms with Gasteiger partial charge in [0.15, 0.2) is 0 Å². The van der Waals surface area contributed by atoms with Gasteiger partial charge in [-0.3, -0.25) is 10.1 Å². The van der Waals surface area contributed by atoms with Crippen LogP contribution in [0.3, 0.4) is 0 Å². The van der Waals surface area contributed by atoms with E-state index in [4.69, 9.17) is 0 Å². The molecule has 1 atom stereocenters. The Labute approximate surface area is 109 Å². The zero-order valence-corrected chi connectivity index (χ0v) is 9.89. The molecule has 0 aliphatic rings. The Hall–Kier alpha value is -2.78. The topological polar surface area (TPSA) is 72.6 Å². The maximum absolute atomic E-state index is 10.6. The second-order valence-electron chi connectivity index (χ2n) is 3.88. The van der Waals surface area contributed by atoms with Crippen LogP contribution in [-0.2, 0) is 4.79 Å². The zero-order valence-electron chi connectivity index (χ0n) is 9.89. The number of hydrogen-bond donors (Lipinski definition) is 0. The molecule has 0 aliphatic heterocycles. The lowest BCUT2D eigenvalue weighted by Crippen LogP contribution is -1.98. The van der Waals surface area contributed by atoms with Crippen molar-refractivity contribution < 1.29 is 9.72 Å². The third-order valence-electron chi connectivity index (χ3n) is 2.72. The SMILES string of the molecule is O=C=NC(c1ccccc1)c1ccc([N+](=O)[O-])cc1. The highest BCUT2D eigenvalue weighted by Crippen LogP contribution is 2.26. The standard InChI is InChI=1S/C14H10N2O3/c17-10-15-14(11-4-2-1-3-5-11)12-6-8-13(9-7-12)16(18)19/h1-9,14H. The van der Waals surface area contributed by atoms with E-state index in [9.17, 15) is 14.9 Å². The fourth-order valence-corrected chi connectivity index (χ4v) is 1.81. The van der Waals surface area contributed by atoms with Crippen molar-refractivity contribution in [1.29, 1.82) is 0 Å². The van der Waals surface area contributed by atoms with Crippen LogP contribution >= 0.6 is 0 Å². The molecule has 2 aromatic carbocycles. The summed E-state index contributed by atoms with van der Waals surface area (Å²) in [5, 5.41) is 10.6. The molecular weight excluding hydrogens is 244 g/mol. The van der Waals surface area contributed by atoms with Crippen LogP contribution in [-0.4, -0.2) is 11.0 Å². The van der Waals surface area contributed by atoms with Crippen LogP contribution in [0.1, 0.15) is 17.2 Å². The Balaban J connectivity index is 2.40. The van der Waals surface area contributed by atoms with E-state index in [1.165, 1.54) is 12.1 Å². The van der Waals surface area contributed by atoms with Crippen molar-refractivity contribution in [2.75, 3.05) is 0 Å². The predicted molar refractivity (Wildman–Crippen MR) is 69.5 cm³/mol. The number of non-ortho nitro benzene ring substituents is 1. The molecule has 5 heteroatoms. The fraction of sp³-hybridized carbons (Fsp3) is 0.0714. The highest BCUT2D eigenvalue weighted by molar-refractivity contribution is 5.42. The summed E-state index contributed by atoms with van der Waals surface area (Å²) in [6.07, 6.45) is 1.54. The Kier molecular flexibility index (Phi) is 3.81. The molecule has 0 saturated carbocycles. The van der Waals surface area contributed by atoms with Gasteiger partial charge in [0.1, 0.15) is 6.04 Å². The largest absolute Gasteiger partial charge is 0.269 e. The van der Waals surface area contributed by atoms with Gasteiger partial charge >= 0.3 is 0 Å². The number of hydrogen-bond acceptors (Lipinski definition) is 4. The van der Waals surface area contributed by atoms with Crippen molar-refractivity contribution >= 4 is 11.8 Å². The molecule has 0 saturated heterocycles. The minimum atomic E-state index is -0.487. The number of benzene rings is 2. The lowest BCUT2D eigenvalue weighted by atomic mass is 9.99. The molecule has 2 rings (SSSR count). The molecule has 19 heavy (non-hydrogen) atoms. The molecule has 0 N–H and O–H groups in total. The van der Waals surface area contributed by atoms with E-state index >= 15 is 0 Å². The van der Waals surface area contributed by atoms with Crippen molar-refractivity contribution in [3.05, 3.63) is 75.8 Å². The van der Waals surface area contributed by atoms with E-state index in [0.717, 1.165) is 5.56 Å². The first-order valence-corrected chi connectivity index (χ1v) is 5.58. The number of nitro groups is 1. The quantitative estimate of drug-likeness (QED) is 0.364. The van der Waals surface area contributed by atoms with E-state index in [0.29, 0.717) is 5.56 Å². The first-order valence-electron chi connectivity index (χ1n) is 5.58. The van der Waals surface area contributed by atoms with Crippen LogP contribution < -0.4 is 0 Å². The van der Waals surface area contributed by atoms with E-state index in [1.54, 1.807) is 18.2 Å². The second-order valence-corrected chi connectivity index (χ2v) is 3.88. The van der Waals surface area contributed by atoms with Gasteiger partial charge in [0.25, 0.3) is 5.69 Å². The van der Waals surface area contributed by atoms with Gasteiger partial charge in [-0.2, -0.15) is 4.99 Å². The van der Waals surface area contributed by atoms with Crippen LogP contribution in [0.5, 0.6) is 0 Å². The van der Waals surface area contributed by atoms with E-state index in [-0.39, 0.29) is 5.69 Å². The smallest absolute Gasteiger partial charge is 0.258 e. The van der Waals surface area contributed by atoms with Gasteiger partial charge in [0.05, 0.1) is 4.92 Å². The predicted octanol–water partition coefficient (Wildman–Crippen LogP) is 3.02. The van der Waals surface area contributed by atoms with Crippen molar-refractivity contribution in [3.63, 3.8) is 0 Å². The Morgan fingerprint density at radius 2 is 1.58 bits per heavy atom. The Morgan fingerprint density at radius 1 is 1.00 bits per heavy atom. The summed E-state index contributed by atoms with van der Waals surface area (Å²) in [7, 11) is 0. The van der Waals surface area contributed by atoms with E-state index in [1.807, 2.05) is 30.3 Å². The summed E-state index contributed by atoms with van der Waals surface area (Å²) < 4.78 is 0. The van der Waals surface area contributed by atoms with Gasteiger partial charge in [-0.1, -0.05) is 30.3 Å². The maximum Gasteiger partial charge on any atom is 0.269 e. The number of nitrogens with zero attached hydrogens (tertiary/aromatic N) is 2. The molecule has 0 aromatic heterocycles. The average Bonchev–Trinajstić information content (AvgIpc) is 2.46. The minimum absolute atomic E-state index is 0.00523. The molecule has 0 amide bonds. The number of isocyanates is 1. The minimum Gasteiger partial charge on any atom is -0.258 e. The highest BCUT2D eigenvalue weighted by Gasteiger charge is 2.14. The first-order chi connectivity index (χ1) is 9.22. The second kappa shape index (κ2) is 5.71. The van der Waals surface area contributed by atoms with Crippen molar-refractivity contribution in [3.8, 4) is 0 Å². The van der Waals surface area contributed by atoms with Crippen LogP contribution in [0.2, 0.25) is 0 Å². The monoisotopic (exact) mass is 254 g/mol. The average molecular weight is 254 g/mol. The number of carbonyl (C=O) groups excluding carboxylic acids is 1. The molecular formula is C14H10N2O3. The number of rotatable bonds is 4. The maximum atomic E-state index is 10.6. The lowest BCUT2D eigenvalue weighted by Gasteiger charge is -2.11. The molecule has 0 aliphatic carbocycles. The van der Waals surface area contributed by atoms with Gasteiger partial charge in [0, 0.05) is 12.1 Å². The Morgan fingerprint density at radius 3 is 2.11 bits per heavy atom. The molecule has 0 bridgehead atoms. The van der Waals surface area contributed by atoms with Gasteiger partial charge in [-0.25, -0.2) is 4.79 Å². The van der Waals surface area contributed by atoms with E-state index < -0.39 is 11.0 Å². The molecule has 0 radical (unpaired) electrons.